The van der Waals surface area contributed by atoms with Crippen molar-refractivity contribution in [1.29, 1.82) is 0 Å². The van der Waals surface area contributed by atoms with Gasteiger partial charge in [0.15, 0.2) is 0 Å². The van der Waals surface area contributed by atoms with Gasteiger partial charge in [0.25, 0.3) is 0 Å². The Morgan fingerprint density at radius 1 is 1.21 bits per heavy atom. The number of nitrogens with zero attached hydrogens (tertiary/aromatic N) is 2. The molecule has 24 heavy (non-hydrogen) atoms. The first kappa shape index (κ1) is 16.4. The summed E-state index contributed by atoms with van der Waals surface area (Å²) in [6.07, 6.45) is 4.20. The molecule has 0 aliphatic carbocycles. The van der Waals surface area contributed by atoms with Crippen LogP contribution in [0.1, 0.15) is 43.1 Å². The van der Waals surface area contributed by atoms with Crippen molar-refractivity contribution in [2.45, 2.75) is 39.5 Å². The summed E-state index contributed by atoms with van der Waals surface area (Å²) in [5, 5.41) is 8.75. The Morgan fingerprint density at radius 2 is 2.00 bits per heavy atom. The molecule has 1 aromatic carbocycles. The van der Waals surface area contributed by atoms with Gasteiger partial charge < -0.3 is 4.42 Å². The normalized spacial score (nSPS) is 16.8. The number of furan rings is 1. The fourth-order valence-corrected chi connectivity index (χ4v) is 3.11. The van der Waals surface area contributed by atoms with Crippen molar-refractivity contribution < 1.29 is 9.21 Å². The predicted molar refractivity (Wildman–Crippen MR) is 95.6 cm³/mol. The van der Waals surface area contributed by atoms with Gasteiger partial charge in [0.1, 0.15) is 11.5 Å². The van der Waals surface area contributed by atoms with Crippen molar-refractivity contribution in [2.24, 2.45) is 16.1 Å². The molecule has 4 heteroatoms. The van der Waals surface area contributed by atoms with Crippen LogP contribution in [0.5, 0.6) is 0 Å². The maximum absolute atomic E-state index is 12.2. The molecule has 1 unspecified atom stereocenters. The molecule has 0 fully saturated rings. The zero-order valence-corrected chi connectivity index (χ0v) is 14.2. The number of carbonyl (C=O) groups excluding carboxylic acids is 1. The van der Waals surface area contributed by atoms with Gasteiger partial charge in [-0.2, -0.15) is 10.2 Å². The Hall–Kier alpha value is -2.49. The molecule has 1 aliphatic rings. The lowest BCUT2D eigenvalue weighted by atomic mass is 9.88. The van der Waals surface area contributed by atoms with Crippen LogP contribution >= 0.6 is 0 Å². The molecule has 1 aliphatic heterocycles. The highest BCUT2D eigenvalue weighted by Gasteiger charge is 2.26. The maximum Gasteiger partial charge on any atom is 0.137 e. The van der Waals surface area contributed by atoms with Crippen molar-refractivity contribution in [3.63, 3.8) is 0 Å². The molecule has 124 valence electrons. The topological polar surface area (TPSA) is 54.9 Å². The number of carbonyl (C=O) groups is 1. The minimum Gasteiger partial charge on any atom is -0.469 e. The standard InChI is InChI=1S/C20H22N2O2/c1-3-18-19(21-22-20(18)16-7-5-4-6-8-16)10-9-17(23)12-15-11-14(2)24-13-15/h4-8,11,13,18H,3,9-10,12H2,1-2H3. The molecule has 4 nitrogen and oxygen atoms in total. The van der Waals surface area contributed by atoms with Gasteiger partial charge >= 0.3 is 0 Å². The average molecular weight is 322 g/mol. The zero-order chi connectivity index (χ0) is 16.9. The highest BCUT2D eigenvalue weighted by molar-refractivity contribution is 6.17. The van der Waals surface area contributed by atoms with Gasteiger partial charge in [0, 0.05) is 18.8 Å². The minimum absolute atomic E-state index is 0.210. The van der Waals surface area contributed by atoms with E-state index in [1.165, 1.54) is 0 Å². The Morgan fingerprint density at radius 3 is 2.67 bits per heavy atom. The number of Topliss-reactive ketones (excluding diaryl/α,β-unsaturated/α-hetero) is 1. The maximum atomic E-state index is 12.2. The van der Waals surface area contributed by atoms with E-state index < -0.39 is 0 Å². The smallest absolute Gasteiger partial charge is 0.137 e. The number of ketones is 1. The molecular formula is C20H22N2O2. The van der Waals surface area contributed by atoms with Crippen LogP contribution in [0, 0.1) is 12.8 Å². The number of benzene rings is 1. The van der Waals surface area contributed by atoms with E-state index in [-0.39, 0.29) is 11.7 Å². The highest BCUT2D eigenvalue weighted by atomic mass is 16.3. The fourth-order valence-electron chi connectivity index (χ4n) is 3.11. The SMILES string of the molecule is CCC1C(CCC(=O)Cc2coc(C)c2)=NN=C1c1ccccc1. The van der Waals surface area contributed by atoms with Crippen molar-refractivity contribution in [3.05, 3.63) is 59.5 Å². The first-order valence-electron chi connectivity index (χ1n) is 8.42. The number of rotatable bonds is 7. The zero-order valence-electron chi connectivity index (χ0n) is 14.2. The van der Waals surface area contributed by atoms with Gasteiger partial charge in [0.05, 0.1) is 17.7 Å². The van der Waals surface area contributed by atoms with E-state index in [0.29, 0.717) is 19.3 Å². The van der Waals surface area contributed by atoms with E-state index in [1.807, 2.05) is 31.2 Å². The summed E-state index contributed by atoms with van der Waals surface area (Å²) in [4.78, 5) is 12.2. The van der Waals surface area contributed by atoms with Crippen molar-refractivity contribution in [1.82, 2.24) is 0 Å². The summed E-state index contributed by atoms with van der Waals surface area (Å²) in [5.41, 5.74) is 4.10. The van der Waals surface area contributed by atoms with E-state index in [1.54, 1.807) is 6.26 Å². The molecule has 0 amide bonds. The molecule has 0 saturated heterocycles. The second-order valence-electron chi connectivity index (χ2n) is 6.18. The molecule has 0 saturated carbocycles. The lowest BCUT2D eigenvalue weighted by Crippen LogP contribution is -2.21. The summed E-state index contributed by atoms with van der Waals surface area (Å²) in [7, 11) is 0. The van der Waals surface area contributed by atoms with E-state index in [9.17, 15) is 4.79 Å². The first-order chi connectivity index (χ1) is 11.7. The summed E-state index contributed by atoms with van der Waals surface area (Å²) in [6, 6.07) is 12.1. The minimum atomic E-state index is 0.210. The van der Waals surface area contributed by atoms with Crippen LogP contribution in [0.4, 0.5) is 0 Å². The van der Waals surface area contributed by atoms with Gasteiger partial charge in [-0.1, -0.05) is 37.3 Å². The lowest BCUT2D eigenvalue weighted by molar-refractivity contribution is -0.118. The van der Waals surface area contributed by atoms with Crippen LogP contribution in [0.25, 0.3) is 0 Å². The second kappa shape index (κ2) is 7.39. The summed E-state index contributed by atoms with van der Waals surface area (Å²) in [5.74, 6) is 1.27. The monoisotopic (exact) mass is 322 g/mol. The van der Waals surface area contributed by atoms with Crippen molar-refractivity contribution >= 4 is 17.2 Å². The van der Waals surface area contributed by atoms with Crippen molar-refractivity contribution in [3.8, 4) is 0 Å². The third-order valence-corrected chi connectivity index (χ3v) is 4.34. The predicted octanol–water partition coefficient (Wildman–Crippen LogP) is 4.36. The summed E-state index contributed by atoms with van der Waals surface area (Å²) < 4.78 is 5.25. The number of hydrogen-bond acceptors (Lipinski definition) is 4. The van der Waals surface area contributed by atoms with E-state index >= 15 is 0 Å². The molecule has 1 aromatic heterocycles. The fraction of sp³-hybridized carbons (Fsp3) is 0.350. The van der Waals surface area contributed by atoms with Gasteiger partial charge in [-0.25, -0.2) is 0 Å². The molecule has 0 N–H and O–H groups in total. The van der Waals surface area contributed by atoms with Crippen molar-refractivity contribution in [2.75, 3.05) is 0 Å². The molecule has 2 heterocycles. The van der Waals surface area contributed by atoms with Crippen LogP contribution in [-0.2, 0) is 11.2 Å². The molecule has 0 spiro atoms. The third-order valence-electron chi connectivity index (χ3n) is 4.34. The molecule has 2 aromatic rings. The third kappa shape index (κ3) is 3.70. The van der Waals surface area contributed by atoms with Crippen LogP contribution in [0.2, 0.25) is 0 Å². The Balaban J connectivity index is 1.57. The second-order valence-corrected chi connectivity index (χ2v) is 6.18. The van der Waals surface area contributed by atoms with Gasteiger partial charge in [0.2, 0.25) is 0 Å². The molecule has 0 radical (unpaired) electrons. The summed E-state index contributed by atoms with van der Waals surface area (Å²) >= 11 is 0. The van der Waals surface area contributed by atoms with E-state index in [0.717, 1.165) is 34.7 Å². The first-order valence-corrected chi connectivity index (χ1v) is 8.42. The number of hydrogen-bond donors (Lipinski definition) is 0. The van der Waals surface area contributed by atoms with Gasteiger partial charge in [-0.3, -0.25) is 4.79 Å². The Labute approximate surface area is 142 Å². The highest BCUT2D eigenvalue weighted by Crippen LogP contribution is 2.23. The average Bonchev–Trinajstić information content (AvgIpc) is 3.19. The largest absolute Gasteiger partial charge is 0.469 e. The lowest BCUT2D eigenvalue weighted by Gasteiger charge is -2.13. The molecule has 3 rings (SSSR count). The van der Waals surface area contributed by atoms with Gasteiger partial charge in [-0.15, -0.1) is 0 Å². The van der Waals surface area contributed by atoms with Crippen LogP contribution < -0.4 is 0 Å². The summed E-state index contributed by atoms with van der Waals surface area (Å²) in [6.45, 7) is 4.02. The van der Waals surface area contributed by atoms with Crippen LogP contribution in [0.3, 0.4) is 0 Å². The van der Waals surface area contributed by atoms with E-state index in [4.69, 9.17) is 4.42 Å². The molecule has 1 atom stereocenters. The van der Waals surface area contributed by atoms with Crippen LogP contribution in [-0.4, -0.2) is 17.2 Å². The van der Waals surface area contributed by atoms with E-state index in [2.05, 4.69) is 29.3 Å². The Kier molecular flexibility index (Phi) is 5.04. The van der Waals surface area contributed by atoms with Crippen LogP contribution in [0.15, 0.2) is 57.3 Å². The van der Waals surface area contributed by atoms with Gasteiger partial charge in [-0.05, 0) is 37.0 Å². The Bertz CT molecular complexity index is 772. The molecule has 0 bridgehead atoms. The molecular weight excluding hydrogens is 300 g/mol. The quantitative estimate of drug-likeness (QED) is 0.760. The number of aryl methyl sites for hydroxylation is 1.